The lowest BCUT2D eigenvalue weighted by Crippen LogP contribution is -2.24. The Bertz CT molecular complexity index is 594. The Morgan fingerprint density at radius 3 is 3.04 bits per heavy atom. The van der Waals surface area contributed by atoms with Crippen molar-refractivity contribution in [3.63, 3.8) is 0 Å². The van der Waals surface area contributed by atoms with Crippen LogP contribution in [0.5, 0.6) is 0 Å². The molecular formula is C18H27N3O2S. The molecule has 0 radical (unpaired) electrons. The maximum Gasteiger partial charge on any atom is 0.0727 e. The normalized spacial score (nSPS) is 23.5. The lowest BCUT2D eigenvalue weighted by atomic mass is 10.1. The molecule has 0 aromatic carbocycles. The number of aliphatic hydroxyl groups excluding tert-OH is 2. The van der Waals surface area contributed by atoms with Crippen molar-refractivity contribution < 1.29 is 10.2 Å². The number of thioether (sulfide) groups is 1. The van der Waals surface area contributed by atoms with Gasteiger partial charge < -0.3 is 15.9 Å². The molecule has 0 amide bonds. The van der Waals surface area contributed by atoms with Crippen molar-refractivity contribution in [1.29, 1.82) is 0 Å². The van der Waals surface area contributed by atoms with E-state index in [0.29, 0.717) is 5.92 Å². The number of allylic oxidation sites excluding steroid dienone is 1. The van der Waals surface area contributed by atoms with E-state index in [1.807, 2.05) is 17.8 Å². The number of nitrogens with two attached hydrogens (primary N) is 1. The lowest BCUT2D eigenvalue weighted by molar-refractivity contribution is 0.151. The molecule has 5 nitrogen and oxygen atoms in total. The van der Waals surface area contributed by atoms with E-state index in [9.17, 15) is 5.11 Å². The summed E-state index contributed by atoms with van der Waals surface area (Å²) in [6.45, 7) is 2.78. The summed E-state index contributed by atoms with van der Waals surface area (Å²) in [6, 6.07) is 1.86. The first-order chi connectivity index (χ1) is 11.7. The Labute approximate surface area is 148 Å². The van der Waals surface area contributed by atoms with Gasteiger partial charge in [-0.15, -0.1) is 0 Å². The van der Waals surface area contributed by atoms with Gasteiger partial charge >= 0.3 is 0 Å². The zero-order chi connectivity index (χ0) is 16.9. The van der Waals surface area contributed by atoms with Crippen molar-refractivity contribution in [3.8, 4) is 0 Å². The number of rotatable bonds is 8. The number of anilines is 1. The van der Waals surface area contributed by atoms with Gasteiger partial charge in [0.1, 0.15) is 0 Å². The van der Waals surface area contributed by atoms with E-state index in [1.165, 1.54) is 5.57 Å². The largest absolute Gasteiger partial charge is 0.398 e. The molecule has 2 heterocycles. The van der Waals surface area contributed by atoms with Crippen LogP contribution in [0.1, 0.15) is 24.1 Å². The lowest BCUT2D eigenvalue weighted by Gasteiger charge is -2.17. The summed E-state index contributed by atoms with van der Waals surface area (Å²) < 4.78 is 0. The minimum absolute atomic E-state index is 0.245. The van der Waals surface area contributed by atoms with Crippen LogP contribution in [0.3, 0.4) is 0 Å². The fourth-order valence-electron chi connectivity index (χ4n) is 3.49. The second-order valence-corrected chi connectivity index (χ2v) is 7.84. The first-order valence-electron chi connectivity index (χ1n) is 8.71. The molecule has 1 aromatic heterocycles. The number of aromatic nitrogens is 1. The van der Waals surface area contributed by atoms with Gasteiger partial charge in [-0.25, -0.2) is 0 Å². The van der Waals surface area contributed by atoms with E-state index in [2.05, 4.69) is 16.0 Å². The van der Waals surface area contributed by atoms with E-state index in [-0.39, 0.29) is 12.7 Å². The third-order valence-corrected chi connectivity index (χ3v) is 6.09. The topological polar surface area (TPSA) is 82.6 Å². The van der Waals surface area contributed by atoms with Gasteiger partial charge in [0.2, 0.25) is 0 Å². The van der Waals surface area contributed by atoms with Crippen LogP contribution in [0, 0.1) is 5.92 Å². The molecule has 1 fully saturated rings. The van der Waals surface area contributed by atoms with Gasteiger partial charge in [0.05, 0.1) is 11.8 Å². The summed E-state index contributed by atoms with van der Waals surface area (Å²) in [5, 5.41) is 19.1. The fraction of sp³-hybridized carbons (Fsp3) is 0.611. The molecule has 0 bridgehead atoms. The van der Waals surface area contributed by atoms with Crippen LogP contribution >= 0.6 is 11.8 Å². The van der Waals surface area contributed by atoms with Gasteiger partial charge in [0.15, 0.2) is 0 Å². The Hall–Kier alpha value is -1.08. The van der Waals surface area contributed by atoms with Gasteiger partial charge in [-0.2, -0.15) is 11.8 Å². The van der Waals surface area contributed by atoms with Crippen molar-refractivity contribution in [2.24, 2.45) is 5.92 Å². The zero-order valence-corrected chi connectivity index (χ0v) is 14.8. The molecular weight excluding hydrogens is 322 g/mol. The number of hydrogen-bond donors (Lipinski definition) is 3. The van der Waals surface area contributed by atoms with Crippen molar-refractivity contribution in [2.75, 3.05) is 43.5 Å². The van der Waals surface area contributed by atoms with E-state index in [4.69, 9.17) is 10.8 Å². The maximum absolute atomic E-state index is 10.3. The number of hydrogen-bond acceptors (Lipinski definition) is 6. The van der Waals surface area contributed by atoms with Gasteiger partial charge in [0, 0.05) is 49.6 Å². The van der Waals surface area contributed by atoms with Crippen LogP contribution < -0.4 is 5.73 Å². The number of aliphatic hydroxyl groups is 2. The molecule has 2 atom stereocenters. The Morgan fingerprint density at radius 1 is 1.33 bits per heavy atom. The van der Waals surface area contributed by atoms with Crippen molar-refractivity contribution in [3.05, 3.63) is 29.6 Å². The standard InChI is InChI=1S/C18H27N3O2S/c19-16-5-6-20-18-13(3-4-15(16)18)9-21-10-14(17(23)11-21)12-24-8-2-1-7-22/h3,5-6,14,17,22-23H,1-2,4,7-12H2,(H2,19,20)/t14-,17?/m1/s1. The number of nitrogen functional groups attached to an aromatic ring is 1. The Kier molecular flexibility index (Phi) is 6.16. The number of likely N-dealkylation sites (tertiary alicyclic amines) is 1. The molecule has 24 heavy (non-hydrogen) atoms. The molecule has 1 aliphatic heterocycles. The smallest absolute Gasteiger partial charge is 0.0727 e. The monoisotopic (exact) mass is 349 g/mol. The molecule has 4 N–H and O–H groups in total. The molecule has 132 valence electrons. The van der Waals surface area contributed by atoms with Crippen LogP contribution in [-0.4, -0.2) is 63.9 Å². The number of unbranched alkanes of at least 4 members (excludes halogenated alkanes) is 1. The van der Waals surface area contributed by atoms with E-state index in [0.717, 1.165) is 67.3 Å². The number of fused-ring (bicyclic) bond motifs is 1. The average Bonchev–Trinajstić information content (AvgIpc) is 3.13. The van der Waals surface area contributed by atoms with Gasteiger partial charge in [-0.1, -0.05) is 6.08 Å². The highest BCUT2D eigenvalue weighted by Gasteiger charge is 2.32. The molecule has 1 aliphatic carbocycles. The highest BCUT2D eigenvalue weighted by atomic mass is 32.2. The predicted molar refractivity (Wildman–Crippen MR) is 99.9 cm³/mol. The van der Waals surface area contributed by atoms with E-state index < -0.39 is 0 Å². The maximum atomic E-state index is 10.3. The summed E-state index contributed by atoms with van der Waals surface area (Å²) in [7, 11) is 0. The average molecular weight is 350 g/mol. The van der Waals surface area contributed by atoms with E-state index >= 15 is 0 Å². The third-order valence-electron chi connectivity index (χ3n) is 4.85. The van der Waals surface area contributed by atoms with Crippen molar-refractivity contribution in [2.45, 2.75) is 25.4 Å². The molecule has 6 heteroatoms. The molecule has 0 saturated carbocycles. The highest BCUT2D eigenvalue weighted by molar-refractivity contribution is 7.99. The second kappa shape index (κ2) is 8.34. The summed E-state index contributed by atoms with van der Waals surface area (Å²) >= 11 is 1.89. The summed E-state index contributed by atoms with van der Waals surface area (Å²) in [5.41, 5.74) is 10.3. The number of pyridine rings is 1. The molecule has 1 saturated heterocycles. The summed E-state index contributed by atoms with van der Waals surface area (Å²) in [5.74, 6) is 2.38. The minimum Gasteiger partial charge on any atom is -0.398 e. The Balaban J connectivity index is 1.49. The third kappa shape index (κ3) is 4.11. The Morgan fingerprint density at radius 2 is 2.21 bits per heavy atom. The molecule has 1 aromatic rings. The van der Waals surface area contributed by atoms with Gasteiger partial charge in [-0.05, 0) is 42.4 Å². The van der Waals surface area contributed by atoms with Crippen molar-refractivity contribution >= 4 is 23.0 Å². The minimum atomic E-state index is -0.245. The first-order valence-corrected chi connectivity index (χ1v) is 9.86. The second-order valence-electron chi connectivity index (χ2n) is 6.69. The van der Waals surface area contributed by atoms with Crippen LogP contribution in [0.25, 0.3) is 5.57 Å². The number of nitrogens with zero attached hydrogens (tertiary/aromatic N) is 2. The van der Waals surface area contributed by atoms with Crippen LogP contribution in [0.2, 0.25) is 0 Å². The quantitative estimate of drug-likeness (QED) is 0.616. The summed E-state index contributed by atoms with van der Waals surface area (Å²) in [6.07, 6.45) is 6.53. The SMILES string of the molecule is Nc1ccnc2c1CC=C2CN1CC(O)[C@@H](CSCCCCO)C1. The fourth-order valence-corrected chi connectivity index (χ4v) is 4.69. The van der Waals surface area contributed by atoms with Gasteiger partial charge in [-0.3, -0.25) is 9.88 Å². The highest BCUT2D eigenvalue weighted by Crippen LogP contribution is 2.31. The van der Waals surface area contributed by atoms with Crippen LogP contribution in [-0.2, 0) is 6.42 Å². The van der Waals surface area contributed by atoms with Crippen molar-refractivity contribution in [1.82, 2.24) is 9.88 Å². The number of β-amino-alcohol motifs (C(OH)–C–C–N with tert-alkyl or cyclic N) is 1. The molecule has 0 spiro atoms. The van der Waals surface area contributed by atoms with E-state index in [1.54, 1.807) is 6.20 Å². The molecule has 2 aliphatic rings. The summed E-state index contributed by atoms with van der Waals surface area (Å²) in [4.78, 5) is 6.83. The first kappa shape index (κ1) is 17.7. The zero-order valence-electron chi connectivity index (χ0n) is 14.0. The van der Waals surface area contributed by atoms with Crippen LogP contribution in [0.4, 0.5) is 5.69 Å². The predicted octanol–water partition coefficient (Wildman–Crippen LogP) is 1.40. The van der Waals surface area contributed by atoms with Crippen LogP contribution in [0.15, 0.2) is 18.3 Å². The van der Waals surface area contributed by atoms with Gasteiger partial charge in [0.25, 0.3) is 0 Å². The molecule has 1 unspecified atom stereocenters. The molecule has 3 rings (SSSR count).